The lowest BCUT2D eigenvalue weighted by molar-refractivity contribution is -0.145. The number of hydrogen-bond acceptors (Lipinski definition) is 4. The molecule has 1 heterocycles. The number of methoxy groups -OCH3 is 1. The van der Waals surface area contributed by atoms with E-state index in [0.717, 1.165) is 38.5 Å². The highest BCUT2D eigenvalue weighted by molar-refractivity contribution is 5.99. The van der Waals surface area contributed by atoms with Gasteiger partial charge < -0.3 is 15.0 Å². The number of esters is 1. The Balaban J connectivity index is 1.52. The number of hydrogen-bond donors (Lipinski definition) is 1. The lowest BCUT2D eigenvalue weighted by Gasteiger charge is -2.33. The van der Waals surface area contributed by atoms with Crippen LogP contribution >= 0.6 is 0 Å². The minimum absolute atomic E-state index is 0.0458. The van der Waals surface area contributed by atoms with Gasteiger partial charge in [0.15, 0.2) is 0 Å². The summed E-state index contributed by atoms with van der Waals surface area (Å²) in [5, 5.41) is 2.88. The maximum Gasteiger partial charge on any atom is 0.328 e. The molecule has 1 aliphatic heterocycles. The Kier molecular flexibility index (Phi) is 4.89. The third-order valence-corrected chi connectivity index (χ3v) is 6.14. The zero-order valence-electron chi connectivity index (χ0n) is 15.6. The second-order valence-corrected chi connectivity index (χ2v) is 7.94. The van der Waals surface area contributed by atoms with Gasteiger partial charge in [-0.1, -0.05) is 12.8 Å². The van der Waals surface area contributed by atoms with Crippen molar-refractivity contribution in [2.24, 2.45) is 11.8 Å². The van der Waals surface area contributed by atoms with Gasteiger partial charge in [0.05, 0.1) is 7.11 Å². The zero-order chi connectivity index (χ0) is 19.0. The van der Waals surface area contributed by atoms with Crippen molar-refractivity contribution in [3.63, 3.8) is 0 Å². The molecule has 3 fully saturated rings. The smallest absolute Gasteiger partial charge is 0.328 e. The van der Waals surface area contributed by atoms with Gasteiger partial charge in [-0.3, -0.25) is 9.59 Å². The first-order valence-electron chi connectivity index (χ1n) is 9.90. The molecular weight excluding hydrogens is 344 g/mol. The lowest BCUT2D eigenvalue weighted by Crippen LogP contribution is -2.46. The molecule has 6 heteroatoms. The lowest BCUT2D eigenvalue weighted by atomic mass is 9.84. The van der Waals surface area contributed by atoms with E-state index in [1.807, 2.05) is 0 Å². The number of carbonyl (C=O) groups is 3. The summed E-state index contributed by atoms with van der Waals surface area (Å²) in [5.41, 5.74) is 1.24. The fraction of sp³-hybridized carbons (Fsp3) is 0.571. The molecular formula is C21H26N2O4. The van der Waals surface area contributed by atoms with Gasteiger partial charge in [0.1, 0.15) is 6.04 Å². The van der Waals surface area contributed by atoms with Crippen LogP contribution in [0, 0.1) is 11.8 Å². The summed E-state index contributed by atoms with van der Waals surface area (Å²) in [6.07, 6.45) is 6.85. The first-order valence-corrected chi connectivity index (χ1v) is 9.90. The Morgan fingerprint density at radius 2 is 1.74 bits per heavy atom. The number of nitrogens with one attached hydrogen (secondary N) is 1. The summed E-state index contributed by atoms with van der Waals surface area (Å²) >= 11 is 0. The third kappa shape index (κ3) is 3.57. The molecule has 2 aliphatic carbocycles. The minimum atomic E-state index is -0.496. The topological polar surface area (TPSA) is 75.7 Å². The van der Waals surface area contributed by atoms with Gasteiger partial charge in [0.25, 0.3) is 5.91 Å². The fourth-order valence-corrected chi connectivity index (χ4v) is 4.53. The summed E-state index contributed by atoms with van der Waals surface area (Å²) in [7, 11) is 1.38. The average Bonchev–Trinajstić information content (AvgIpc) is 3.47. The van der Waals surface area contributed by atoms with E-state index < -0.39 is 6.04 Å². The highest BCUT2D eigenvalue weighted by Crippen LogP contribution is 2.41. The van der Waals surface area contributed by atoms with Crippen LogP contribution in [-0.2, 0) is 14.3 Å². The molecule has 0 radical (unpaired) electrons. The molecule has 2 amide bonds. The Morgan fingerprint density at radius 3 is 2.41 bits per heavy atom. The minimum Gasteiger partial charge on any atom is -0.467 e. The fourth-order valence-electron chi connectivity index (χ4n) is 4.53. The molecule has 144 valence electrons. The number of nitrogens with zero attached hydrogens (tertiary/aromatic N) is 1. The Labute approximate surface area is 159 Å². The van der Waals surface area contributed by atoms with Crippen molar-refractivity contribution in [3.8, 4) is 0 Å². The van der Waals surface area contributed by atoms with Crippen LogP contribution in [0.3, 0.4) is 0 Å². The molecule has 6 nitrogen and oxygen atoms in total. The summed E-state index contributed by atoms with van der Waals surface area (Å²) in [6.45, 7) is 0. The van der Waals surface area contributed by atoms with E-state index in [-0.39, 0.29) is 29.7 Å². The molecule has 3 aliphatic rings. The maximum atomic E-state index is 13.2. The van der Waals surface area contributed by atoms with Crippen molar-refractivity contribution in [3.05, 3.63) is 29.8 Å². The third-order valence-electron chi connectivity index (χ3n) is 6.14. The average molecular weight is 370 g/mol. The quantitative estimate of drug-likeness (QED) is 0.827. The molecule has 0 spiro atoms. The Bertz CT molecular complexity index is 741. The van der Waals surface area contributed by atoms with Crippen LogP contribution in [0.15, 0.2) is 24.3 Å². The zero-order valence-corrected chi connectivity index (χ0v) is 15.6. The molecule has 2 saturated carbocycles. The molecule has 1 saturated heterocycles. The van der Waals surface area contributed by atoms with Crippen LogP contribution in [0.2, 0.25) is 0 Å². The van der Waals surface area contributed by atoms with Gasteiger partial charge in [0, 0.05) is 23.2 Å². The largest absolute Gasteiger partial charge is 0.467 e. The summed E-state index contributed by atoms with van der Waals surface area (Å²) in [5.74, 6) is 0.110. The van der Waals surface area contributed by atoms with E-state index in [0.29, 0.717) is 23.6 Å². The Hall–Kier alpha value is -2.37. The number of likely N-dealkylation sites (tertiary alicyclic amines) is 1. The van der Waals surface area contributed by atoms with Crippen LogP contribution in [0.25, 0.3) is 0 Å². The SMILES string of the molecule is COC(=O)[C@@H]1C[C@@H]2CCCC[C@H]2N1C(=O)c1ccc(NC(=O)C2CC2)cc1. The van der Waals surface area contributed by atoms with Gasteiger partial charge in [-0.25, -0.2) is 4.79 Å². The standard InChI is InChI=1S/C21H26N2O4/c1-27-21(26)18-12-15-4-2-3-5-17(15)23(18)20(25)14-8-10-16(11-9-14)22-19(24)13-6-7-13/h8-11,13,15,17-18H,2-7,12H2,1H3,(H,22,24)/t15-,17+,18-/m0/s1. The first-order chi connectivity index (χ1) is 13.1. The van der Waals surface area contributed by atoms with Gasteiger partial charge in [-0.2, -0.15) is 0 Å². The molecule has 1 N–H and O–H groups in total. The van der Waals surface area contributed by atoms with E-state index in [1.54, 1.807) is 29.2 Å². The number of ether oxygens (including phenoxy) is 1. The summed E-state index contributed by atoms with van der Waals surface area (Å²) < 4.78 is 4.97. The molecule has 1 aromatic carbocycles. The van der Waals surface area contributed by atoms with Crippen LogP contribution in [0.1, 0.15) is 55.3 Å². The van der Waals surface area contributed by atoms with E-state index in [1.165, 1.54) is 7.11 Å². The highest BCUT2D eigenvalue weighted by atomic mass is 16.5. The van der Waals surface area contributed by atoms with Crippen molar-refractivity contribution in [2.75, 3.05) is 12.4 Å². The summed E-state index contributed by atoms with van der Waals surface area (Å²) in [6, 6.07) is 6.60. The van der Waals surface area contributed by atoms with E-state index in [4.69, 9.17) is 4.74 Å². The van der Waals surface area contributed by atoms with Crippen LogP contribution in [0.5, 0.6) is 0 Å². The molecule has 3 atom stereocenters. The number of benzene rings is 1. The van der Waals surface area contributed by atoms with Gasteiger partial charge in [-0.15, -0.1) is 0 Å². The van der Waals surface area contributed by atoms with Crippen LogP contribution in [-0.4, -0.2) is 41.9 Å². The number of anilines is 1. The van der Waals surface area contributed by atoms with Gasteiger partial charge in [-0.05, 0) is 62.3 Å². The number of fused-ring (bicyclic) bond motifs is 1. The second kappa shape index (κ2) is 7.33. The molecule has 0 unspecified atom stereocenters. The molecule has 0 bridgehead atoms. The van der Waals surface area contributed by atoms with E-state index in [9.17, 15) is 14.4 Å². The molecule has 1 aromatic rings. The maximum absolute atomic E-state index is 13.2. The van der Waals surface area contributed by atoms with E-state index >= 15 is 0 Å². The molecule has 4 rings (SSSR count). The monoisotopic (exact) mass is 370 g/mol. The van der Waals surface area contributed by atoms with Crippen molar-refractivity contribution in [1.82, 2.24) is 4.90 Å². The summed E-state index contributed by atoms with van der Waals surface area (Å²) in [4.78, 5) is 39.1. The normalized spacial score (nSPS) is 27.0. The predicted molar refractivity (Wildman–Crippen MR) is 100 cm³/mol. The van der Waals surface area contributed by atoms with Crippen molar-refractivity contribution in [2.45, 2.75) is 57.0 Å². The van der Waals surface area contributed by atoms with Crippen molar-refractivity contribution >= 4 is 23.5 Å². The number of amides is 2. The van der Waals surface area contributed by atoms with Crippen molar-refractivity contribution in [1.29, 1.82) is 0 Å². The molecule has 27 heavy (non-hydrogen) atoms. The van der Waals surface area contributed by atoms with Gasteiger partial charge >= 0.3 is 5.97 Å². The predicted octanol–water partition coefficient (Wildman–Crippen LogP) is 2.98. The Morgan fingerprint density at radius 1 is 1.04 bits per heavy atom. The number of rotatable bonds is 4. The van der Waals surface area contributed by atoms with Crippen molar-refractivity contribution < 1.29 is 19.1 Å². The second-order valence-electron chi connectivity index (χ2n) is 7.94. The van der Waals surface area contributed by atoms with Crippen LogP contribution in [0.4, 0.5) is 5.69 Å². The van der Waals surface area contributed by atoms with Gasteiger partial charge in [0.2, 0.25) is 5.91 Å². The van der Waals surface area contributed by atoms with Crippen LogP contribution < -0.4 is 5.32 Å². The highest BCUT2D eigenvalue weighted by Gasteiger charge is 2.48. The molecule has 0 aromatic heterocycles. The first kappa shape index (κ1) is 18.0. The number of carbonyl (C=O) groups excluding carboxylic acids is 3. The van der Waals surface area contributed by atoms with E-state index in [2.05, 4.69) is 5.32 Å².